The van der Waals surface area contributed by atoms with Gasteiger partial charge in [-0.1, -0.05) is 24.3 Å². The van der Waals surface area contributed by atoms with Crippen LogP contribution in [0.5, 0.6) is 0 Å². The molecular formula is C22H21F6NO3. The first-order valence-corrected chi connectivity index (χ1v) is 9.79. The molecule has 0 saturated carbocycles. The number of hydrogen-bond acceptors (Lipinski definition) is 4. The number of hydrogen-bond donors (Lipinski definition) is 1. The molecule has 1 aliphatic rings. The number of likely N-dealkylation sites (tertiary alicyclic amines) is 1. The number of nitrogens with zero attached hydrogens (tertiary/aromatic N) is 1. The molecule has 0 aromatic heterocycles. The molecule has 2 aromatic rings. The van der Waals surface area contributed by atoms with Gasteiger partial charge in [0.1, 0.15) is 6.10 Å². The van der Waals surface area contributed by atoms with E-state index in [-0.39, 0.29) is 11.1 Å². The Morgan fingerprint density at radius 1 is 0.812 bits per heavy atom. The van der Waals surface area contributed by atoms with E-state index in [0.717, 1.165) is 24.3 Å². The van der Waals surface area contributed by atoms with Crippen LogP contribution in [0.2, 0.25) is 0 Å². The predicted molar refractivity (Wildman–Crippen MR) is 102 cm³/mol. The number of halogens is 6. The third-order valence-electron chi connectivity index (χ3n) is 5.49. The van der Waals surface area contributed by atoms with Gasteiger partial charge in [-0.05, 0) is 55.3 Å². The summed E-state index contributed by atoms with van der Waals surface area (Å²) in [7, 11) is 1.89. The molecule has 0 unspecified atom stereocenters. The van der Waals surface area contributed by atoms with Crippen molar-refractivity contribution < 1.29 is 41.0 Å². The van der Waals surface area contributed by atoms with Crippen molar-refractivity contribution in [2.45, 2.75) is 36.9 Å². The Hall–Kier alpha value is -2.59. The van der Waals surface area contributed by atoms with Gasteiger partial charge in [-0.15, -0.1) is 0 Å². The van der Waals surface area contributed by atoms with Crippen LogP contribution in [0.1, 0.15) is 35.1 Å². The monoisotopic (exact) mass is 461 g/mol. The molecule has 1 saturated heterocycles. The van der Waals surface area contributed by atoms with Crippen LogP contribution in [0.15, 0.2) is 48.5 Å². The highest BCUT2D eigenvalue weighted by molar-refractivity contribution is 5.85. The highest BCUT2D eigenvalue weighted by atomic mass is 19.4. The predicted octanol–water partition coefficient (Wildman–Crippen LogP) is 4.60. The molecule has 4 nitrogen and oxygen atoms in total. The van der Waals surface area contributed by atoms with Gasteiger partial charge in [-0.25, -0.2) is 4.79 Å². The first kappa shape index (κ1) is 24.1. The van der Waals surface area contributed by atoms with E-state index in [1.807, 2.05) is 11.9 Å². The summed E-state index contributed by atoms with van der Waals surface area (Å²) in [5.74, 6) is -1.16. The normalized spacial score (nSPS) is 16.8. The summed E-state index contributed by atoms with van der Waals surface area (Å²) >= 11 is 0. The van der Waals surface area contributed by atoms with Crippen LogP contribution in [0.25, 0.3) is 0 Å². The molecule has 0 atom stereocenters. The fourth-order valence-electron chi connectivity index (χ4n) is 3.54. The van der Waals surface area contributed by atoms with E-state index in [0.29, 0.717) is 50.2 Å². The van der Waals surface area contributed by atoms with Gasteiger partial charge in [0.05, 0.1) is 11.1 Å². The summed E-state index contributed by atoms with van der Waals surface area (Å²) in [5, 5.41) is 11.3. The van der Waals surface area contributed by atoms with Crippen molar-refractivity contribution in [1.82, 2.24) is 4.90 Å². The fourth-order valence-corrected chi connectivity index (χ4v) is 3.54. The van der Waals surface area contributed by atoms with E-state index in [9.17, 15) is 36.2 Å². The molecule has 0 radical (unpaired) electrons. The third kappa shape index (κ3) is 5.07. The number of piperidine rings is 1. The molecule has 1 heterocycles. The summed E-state index contributed by atoms with van der Waals surface area (Å²) in [6.45, 7) is 1.27. The van der Waals surface area contributed by atoms with Crippen LogP contribution in [0, 0.1) is 0 Å². The highest BCUT2D eigenvalue weighted by Gasteiger charge is 2.44. The fraction of sp³-hybridized carbons (Fsp3) is 0.409. The van der Waals surface area contributed by atoms with Crippen molar-refractivity contribution in [3.63, 3.8) is 0 Å². The maximum absolute atomic E-state index is 13.0. The number of esters is 1. The Balaban J connectivity index is 1.99. The first-order chi connectivity index (χ1) is 14.8. The Morgan fingerprint density at radius 2 is 1.16 bits per heavy atom. The van der Waals surface area contributed by atoms with Gasteiger partial charge in [0, 0.05) is 13.1 Å². The lowest BCUT2D eigenvalue weighted by Gasteiger charge is -2.33. The van der Waals surface area contributed by atoms with Crippen LogP contribution < -0.4 is 0 Å². The zero-order valence-electron chi connectivity index (χ0n) is 17.0. The average Bonchev–Trinajstić information content (AvgIpc) is 2.73. The smallest absolute Gasteiger partial charge is 0.416 e. The second kappa shape index (κ2) is 8.74. The van der Waals surface area contributed by atoms with E-state index in [4.69, 9.17) is 4.74 Å². The van der Waals surface area contributed by atoms with E-state index in [1.165, 1.54) is 0 Å². The lowest BCUT2D eigenvalue weighted by Crippen LogP contribution is -2.43. The first-order valence-electron chi connectivity index (χ1n) is 9.79. The van der Waals surface area contributed by atoms with Crippen LogP contribution >= 0.6 is 0 Å². The number of alkyl halides is 6. The molecule has 1 aliphatic heterocycles. The maximum atomic E-state index is 13.0. The summed E-state index contributed by atoms with van der Waals surface area (Å²) in [5.41, 5.74) is -5.08. The van der Waals surface area contributed by atoms with Gasteiger partial charge in [-0.2, -0.15) is 26.3 Å². The summed E-state index contributed by atoms with van der Waals surface area (Å²) < 4.78 is 83.0. The number of carbonyl (C=O) groups is 1. The zero-order chi connectivity index (χ0) is 23.7. The Labute approximate surface area is 180 Å². The van der Waals surface area contributed by atoms with Crippen LogP contribution in [0.4, 0.5) is 26.3 Å². The van der Waals surface area contributed by atoms with Crippen molar-refractivity contribution in [3.8, 4) is 0 Å². The second-order valence-corrected chi connectivity index (χ2v) is 7.77. The lowest BCUT2D eigenvalue weighted by atomic mass is 9.85. The molecule has 32 heavy (non-hydrogen) atoms. The van der Waals surface area contributed by atoms with Crippen molar-refractivity contribution in [3.05, 3.63) is 70.8 Å². The minimum atomic E-state index is -4.64. The van der Waals surface area contributed by atoms with Crippen LogP contribution in [0.3, 0.4) is 0 Å². The number of benzene rings is 2. The molecule has 0 spiro atoms. The SMILES string of the molecule is CN1CCC(OC(=O)C(O)(c2ccc(C(F)(F)F)cc2)c2ccc(C(F)(F)F)cc2)CC1. The van der Waals surface area contributed by atoms with Gasteiger partial charge in [-0.3, -0.25) is 0 Å². The van der Waals surface area contributed by atoms with Gasteiger partial charge in [0.2, 0.25) is 5.60 Å². The zero-order valence-corrected chi connectivity index (χ0v) is 17.0. The van der Waals surface area contributed by atoms with E-state index in [1.54, 1.807) is 0 Å². The topological polar surface area (TPSA) is 49.8 Å². The number of aliphatic hydroxyl groups is 1. The standard InChI is InChI=1S/C22H21F6NO3/c1-29-12-10-18(11-13-29)32-19(30)20(31,14-2-6-16(7-3-14)21(23,24)25)15-4-8-17(9-5-15)22(26,27)28/h2-9,18,31H,10-13H2,1H3. The molecule has 0 aliphatic carbocycles. The summed E-state index contributed by atoms with van der Waals surface area (Å²) in [6.07, 6.45) is -8.84. The molecule has 0 bridgehead atoms. The molecule has 1 fully saturated rings. The van der Waals surface area contributed by atoms with E-state index >= 15 is 0 Å². The van der Waals surface area contributed by atoms with E-state index < -0.39 is 41.2 Å². The minimum absolute atomic E-state index is 0.247. The van der Waals surface area contributed by atoms with Crippen molar-refractivity contribution in [2.75, 3.05) is 20.1 Å². The Bertz CT molecular complexity index is 873. The Kier molecular flexibility index (Phi) is 6.57. The molecule has 1 N–H and O–H groups in total. The quantitative estimate of drug-likeness (QED) is 0.534. The van der Waals surface area contributed by atoms with Gasteiger partial charge in [0.25, 0.3) is 0 Å². The van der Waals surface area contributed by atoms with Crippen molar-refractivity contribution in [1.29, 1.82) is 0 Å². The number of carbonyl (C=O) groups excluding carboxylic acids is 1. The van der Waals surface area contributed by atoms with E-state index in [2.05, 4.69) is 0 Å². The second-order valence-electron chi connectivity index (χ2n) is 7.77. The van der Waals surface area contributed by atoms with Gasteiger partial charge >= 0.3 is 18.3 Å². The van der Waals surface area contributed by atoms with Crippen LogP contribution in [-0.4, -0.2) is 42.2 Å². The summed E-state index contributed by atoms with van der Waals surface area (Å²) in [6, 6.07) is 6.40. The largest absolute Gasteiger partial charge is 0.460 e. The maximum Gasteiger partial charge on any atom is 0.416 e. The van der Waals surface area contributed by atoms with Gasteiger partial charge < -0.3 is 14.7 Å². The molecule has 10 heteroatoms. The molecule has 174 valence electrons. The Morgan fingerprint density at radius 3 is 1.50 bits per heavy atom. The molecular weight excluding hydrogens is 440 g/mol. The van der Waals surface area contributed by atoms with Crippen molar-refractivity contribution >= 4 is 5.97 Å². The molecule has 0 amide bonds. The third-order valence-corrected chi connectivity index (χ3v) is 5.49. The number of rotatable bonds is 4. The highest BCUT2D eigenvalue weighted by Crippen LogP contribution is 2.37. The minimum Gasteiger partial charge on any atom is -0.460 e. The molecule has 3 rings (SSSR count). The average molecular weight is 461 g/mol. The van der Waals surface area contributed by atoms with Crippen molar-refractivity contribution in [2.24, 2.45) is 0 Å². The molecule has 2 aromatic carbocycles. The van der Waals surface area contributed by atoms with Crippen LogP contribution in [-0.2, 0) is 27.5 Å². The lowest BCUT2D eigenvalue weighted by molar-refractivity contribution is -0.169. The summed E-state index contributed by atoms with van der Waals surface area (Å²) in [4.78, 5) is 15.1. The number of ether oxygens (including phenoxy) is 1. The van der Waals surface area contributed by atoms with Gasteiger partial charge in [0.15, 0.2) is 0 Å².